The summed E-state index contributed by atoms with van der Waals surface area (Å²) in [6.45, 7) is 0. The first kappa shape index (κ1) is 8.73. The highest BCUT2D eigenvalue weighted by molar-refractivity contribution is 7.20. The number of nitriles is 1. The van der Waals surface area contributed by atoms with E-state index in [0.717, 1.165) is 10.1 Å². The van der Waals surface area contributed by atoms with Gasteiger partial charge in [0.1, 0.15) is 6.07 Å². The molecule has 0 spiro atoms. The molecule has 68 valence electrons. The van der Waals surface area contributed by atoms with Gasteiger partial charge >= 0.3 is 0 Å². The van der Waals surface area contributed by atoms with Crippen LogP contribution in [-0.2, 0) is 0 Å². The number of carbonyl (C=O) groups excluding carboxylic acids is 1. The molecule has 1 aromatic carbocycles. The number of aldehydes is 1. The van der Waals surface area contributed by atoms with Crippen LogP contribution in [0.4, 0.5) is 5.69 Å². The molecular formula is C10H6N2OS. The minimum atomic E-state index is 0.423. The molecule has 0 aliphatic heterocycles. The van der Waals surface area contributed by atoms with Crippen molar-refractivity contribution in [2.24, 2.45) is 0 Å². The van der Waals surface area contributed by atoms with Crippen LogP contribution in [0.15, 0.2) is 18.2 Å². The molecule has 2 N–H and O–H groups in total. The number of nitrogen functional groups attached to an aromatic ring is 1. The van der Waals surface area contributed by atoms with E-state index in [1.54, 1.807) is 12.1 Å². The highest BCUT2D eigenvalue weighted by Crippen LogP contribution is 2.30. The third kappa shape index (κ3) is 1.15. The van der Waals surface area contributed by atoms with Gasteiger partial charge in [0, 0.05) is 15.8 Å². The van der Waals surface area contributed by atoms with Gasteiger partial charge in [0.2, 0.25) is 0 Å². The summed E-state index contributed by atoms with van der Waals surface area (Å²) in [6.07, 6.45) is 0.708. The summed E-state index contributed by atoms with van der Waals surface area (Å²) in [7, 11) is 0. The van der Waals surface area contributed by atoms with Gasteiger partial charge in [-0.2, -0.15) is 5.26 Å². The second-order valence-corrected chi connectivity index (χ2v) is 3.91. The summed E-state index contributed by atoms with van der Waals surface area (Å²) >= 11 is 1.31. The van der Waals surface area contributed by atoms with Gasteiger partial charge in [-0.25, -0.2) is 0 Å². The van der Waals surface area contributed by atoms with Gasteiger partial charge in [0.15, 0.2) is 6.29 Å². The Balaban J connectivity index is 2.90. The van der Waals surface area contributed by atoms with Gasteiger partial charge in [-0.1, -0.05) is 0 Å². The van der Waals surface area contributed by atoms with Crippen molar-refractivity contribution in [1.82, 2.24) is 0 Å². The lowest BCUT2D eigenvalue weighted by Crippen LogP contribution is -1.83. The summed E-state index contributed by atoms with van der Waals surface area (Å²) in [4.78, 5) is 11.1. The molecular weight excluding hydrogens is 196 g/mol. The van der Waals surface area contributed by atoms with Crippen molar-refractivity contribution in [3.63, 3.8) is 0 Å². The minimum absolute atomic E-state index is 0.423. The van der Waals surface area contributed by atoms with Crippen molar-refractivity contribution in [2.75, 3.05) is 5.73 Å². The van der Waals surface area contributed by atoms with Crippen LogP contribution >= 0.6 is 11.3 Å². The van der Waals surface area contributed by atoms with Crippen LogP contribution in [0.2, 0.25) is 0 Å². The average Bonchev–Trinajstić information content (AvgIpc) is 2.54. The number of anilines is 1. The Morgan fingerprint density at radius 1 is 1.50 bits per heavy atom. The fourth-order valence-electron chi connectivity index (χ4n) is 1.33. The molecule has 0 bridgehead atoms. The topological polar surface area (TPSA) is 66.9 Å². The standard InChI is InChI=1S/C10H6N2OS/c11-4-8-7-3-6(12)1-2-9(7)14-10(8)5-13/h1-3,5H,12H2. The molecule has 0 unspecified atom stereocenters. The second kappa shape index (κ2) is 3.13. The zero-order valence-corrected chi connectivity index (χ0v) is 7.97. The third-order valence-electron chi connectivity index (χ3n) is 1.96. The Hall–Kier alpha value is -1.86. The summed E-state index contributed by atoms with van der Waals surface area (Å²) in [6, 6.07) is 7.32. The number of thiophene rings is 1. The summed E-state index contributed by atoms with van der Waals surface area (Å²) in [5, 5.41) is 9.65. The minimum Gasteiger partial charge on any atom is -0.399 e. The molecule has 1 aromatic heterocycles. The molecule has 2 rings (SSSR count). The maximum Gasteiger partial charge on any atom is 0.161 e. The number of hydrogen-bond acceptors (Lipinski definition) is 4. The summed E-state index contributed by atoms with van der Waals surface area (Å²) < 4.78 is 0.915. The molecule has 3 nitrogen and oxygen atoms in total. The Morgan fingerprint density at radius 3 is 2.93 bits per heavy atom. The molecule has 0 atom stereocenters. The number of benzene rings is 1. The smallest absolute Gasteiger partial charge is 0.161 e. The lowest BCUT2D eigenvalue weighted by atomic mass is 10.1. The molecule has 0 saturated heterocycles. The van der Waals surface area contributed by atoms with E-state index in [9.17, 15) is 4.79 Å². The van der Waals surface area contributed by atoms with Gasteiger partial charge < -0.3 is 5.73 Å². The lowest BCUT2D eigenvalue weighted by molar-refractivity contribution is 0.112. The lowest BCUT2D eigenvalue weighted by Gasteiger charge is -1.92. The first-order chi connectivity index (χ1) is 6.76. The Kier molecular flexibility index (Phi) is 1.95. The van der Waals surface area contributed by atoms with Crippen molar-refractivity contribution in [3.05, 3.63) is 28.6 Å². The Bertz CT molecular complexity index is 551. The highest BCUT2D eigenvalue weighted by Gasteiger charge is 2.10. The molecule has 1 heterocycles. The molecule has 14 heavy (non-hydrogen) atoms. The Morgan fingerprint density at radius 2 is 2.29 bits per heavy atom. The molecule has 0 aliphatic rings. The van der Waals surface area contributed by atoms with Crippen LogP contribution in [0.3, 0.4) is 0 Å². The molecule has 0 saturated carbocycles. The van der Waals surface area contributed by atoms with Crippen molar-refractivity contribution >= 4 is 33.4 Å². The molecule has 0 aliphatic carbocycles. The van der Waals surface area contributed by atoms with Crippen LogP contribution in [0.25, 0.3) is 10.1 Å². The van der Waals surface area contributed by atoms with Crippen molar-refractivity contribution in [2.45, 2.75) is 0 Å². The van der Waals surface area contributed by atoms with E-state index in [-0.39, 0.29) is 0 Å². The van der Waals surface area contributed by atoms with Crippen molar-refractivity contribution in [1.29, 1.82) is 5.26 Å². The maximum atomic E-state index is 10.7. The molecule has 0 fully saturated rings. The van der Waals surface area contributed by atoms with E-state index < -0.39 is 0 Å². The molecule has 0 amide bonds. The average molecular weight is 202 g/mol. The summed E-state index contributed by atoms with van der Waals surface area (Å²) in [5.74, 6) is 0. The van der Waals surface area contributed by atoms with E-state index in [2.05, 4.69) is 0 Å². The number of nitrogens with zero attached hydrogens (tertiary/aromatic N) is 1. The number of carbonyl (C=O) groups is 1. The van der Waals surface area contributed by atoms with Crippen LogP contribution < -0.4 is 5.73 Å². The molecule has 4 heteroatoms. The van der Waals surface area contributed by atoms with Gasteiger partial charge in [-0.15, -0.1) is 11.3 Å². The quantitative estimate of drug-likeness (QED) is 0.569. The SMILES string of the molecule is N#Cc1c(C=O)sc2ccc(N)cc12. The predicted molar refractivity (Wildman–Crippen MR) is 56.3 cm³/mol. The fourth-order valence-corrected chi connectivity index (χ4v) is 2.28. The van der Waals surface area contributed by atoms with Gasteiger partial charge in [0.25, 0.3) is 0 Å². The van der Waals surface area contributed by atoms with E-state index in [1.165, 1.54) is 11.3 Å². The zero-order valence-electron chi connectivity index (χ0n) is 7.15. The van der Waals surface area contributed by atoms with Crippen molar-refractivity contribution in [3.8, 4) is 6.07 Å². The van der Waals surface area contributed by atoms with E-state index in [4.69, 9.17) is 11.0 Å². The van der Waals surface area contributed by atoms with E-state index in [1.807, 2.05) is 12.1 Å². The number of nitrogens with two attached hydrogens (primary N) is 1. The van der Waals surface area contributed by atoms with Crippen LogP contribution in [0, 0.1) is 11.3 Å². The van der Waals surface area contributed by atoms with Gasteiger partial charge in [-0.05, 0) is 18.2 Å². The molecule has 0 radical (unpaired) electrons. The second-order valence-electron chi connectivity index (χ2n) is 2.83. The summed E-state index contributed by atoms with van der Waals surface area (Å²) in [5.41, 5.74) is 6.63. The Labute approximate surface area is 84.4 Å². The first-order valence-electron chi connectivity index (χ1n) is 3.93. The van der Waals surface area contributed by atoms with Gasteiger partial charge in [0.05, 0.1) is 10.4 Å². The zero-order chi connectivity index (χ0) is 10.1. The maximum absolute atomic E-state index is 10.7. The predicted octanol–water partition coefficient (Wildman–Crippen LogP) is 2.17. The number of fused-ring (bicyclic) bond motifs is 1. The van der Waals surface area contributed by atoms with E-state index >= 15 is 0 Å². The first-order valence-corrected chi connectivity index (χ1v) is 4.75. The largest absolute Gasteiger partial charge is 0.399 e. The fraction of sp³-hybridized carbons (Fsp3) is 0. The highest BCUT2D eigenvalue weighted by atomic mass is 32.1. The molecule has 2 aromatic rings. The third-order valence-corrected chi connectivity index (χ3v) is 3.05. The number of rotatable bonds is 1. The van der Waals surface area contributed by atoms with Crippen molar-refractivity contribution < 1.29 is 4.79 Å². The number of hydrogen-bond donors (Lipinski definition) is 1. The van der Waals surface area contributed by atoms with Crippen LogP contribution in [-0.4, -0.2) is 6.29 Å². The normalized spacial score (nSPS) is 9.93. The van der Waals surface area contributed by atoms with E-state index in [0.29, 0.717) is 22.4 Å². The van der Waals surface area contributed by atoms with Gasteiger partial charge in [-0.3, -0.25) is 4.79 Å². The van der Waals surface area contributed by atoms with Crippen LogP contribution in [0.1, 0.15) is 15.2 Å². The monoisotopic (exact) mass is 202 g/mol. The van der Waals surface area contributed by atoms with Crippen LogP contribution in [0.5, 0.6) is 0 Å².